The molecule has 0 saturated heterocycles. The number of aromatic nitrogens is 2. The van der Waals surface area contributed by atoms with Crippen molar-refractivity contribution in [2.45, 2.75) is 76.5 Å². The predicted molar refractivity (Wildman–Crippen MR) is 130 cm³/mol. The molecule has 202 valence electrons. The van der Waals surface area contributed by atoms with Crippen molar-refractivity contribution < 1.29 is 29.1 Å². The van der Waals surface area contributed by atoms with Crippen molar-refractivity contribution >= 4 is 29.6 Å². The number of rotatable bonds is 17. The Hall–Kier alpha value is -3.52. The fourth-order valence-corrected chi connectivity index (χ4v) is 3.42. The maximum atomic E-state index is 13.0. The topological polar surface area (TPSA) is 248 Å². The van der Waals surface area contributed by atoms with Crippen LogP contribution in [0.25, 0.3) is 0 Å². The number of primary amides is 1. The van der Waals surface area contributed by atoms with Crippen molar-refractivity contribution in [1.29, 1.82) is 0 Å². The van der Waals surface area contributed by atoms with E-state index in [4.69, 9.17) is 17.2 Å². The molecule has 0 aromatic carbocycles. The van der Waals surface area contributed by atoms with E-state index in [1.807, 2.05) is 13.8 Å². The highest BCUT2D eigenvalue weighted by atomic mass is 16.4. The van der Waals surface area contributed by atoms with E-state index in [-0.39, 0.29) is 18.8 Å². The molecule has 4 unspecified atom stereocenters. The molecule has 0 fully saturated rings. The van der Waals surface area contributed by atoms with Gasteiger partial charge in [0, 0.05) is 18.3 Å². The lowest BCUT2D eigenvalue weighted by Gasteiger charge is -2.25. The third-order valence-electron chi connectivity index (χ3n) is 5.27. The van der Waals surface area contributed by atoms with E-state index in [1.54, 1.807) is 0 Å². The summed E-state index contributed by atoms with van der Waals surface area (Å²) in [4.78, 5) is 68.3. The number of nitrogens with one attached hydrogen (secondary N) is 4. The second-order valence-corrected chi connectivity index (χ2v) is 8.99. The molecule has 4 amide bonds. The second-order valence-electron chi connectivity index (χ2n) is 8.99. The number of hydrogen-bond acceptors (Lipinski definition) is 8. The van der Waals surface area contributed by atoms with E-state index < -0.39 is 60.2 Å². The van der Waals surface area contributed by atoms with Crippen molar-refractivity contribution in [2.75, 3.05) is 6.54 Å². The molecule has 14 heteroatoms. The number of carboxylic acid groups (broad SMARTS) is 1. The molecule has 36 heavy (non-hydrogen) atoms. The minimum Gasteiger partial charge on any atom is -0.480 e. The zero-order valence-electron chi connectivity index (χ0n) is 20.7. The van der Waals surface area contributed by atoms with Gasteiger partial charge in [-0.05, 0) is 38.1 Å². The molecular formula is C22H38N8O6. The number of nitrogens with zero attached hydrogens (tertiary/aromatic N) is 1. The number of aromatic amines is 1. The number of aliphatic carboxylic acids is 1. The lowest BCUT2D eigenvalue weighted by molar-refractivity contribution is -0.142. The first-order valence-electron chi connectivity index (χ1n) is 11.8. The van der Waals surface area contributed by atoms with Gasteiger partial charge in [-0.3, -0.25) is 19.2 Å². The van der Waals surface area contributed by atoms with Crippen LogP contribution in [0.5, 0.6) is 0 Å². The lowest BCUT2D eigenvalue weighted by Crippen LogP contribution is -2.58. The van der Waals surface area contributed by atoms with Gasteiger partial charge in [0.05, 0.1) is 18.8 Å². The van der Waals surface area contributed by atoms with Crippen molar-refractivity contribution in [1.82, 2.24) is 25.9 Å². The van der Waals surface area contributed by atoms with Crippen LogP contribution in [0.3, 0.4) is 0 Å². The molecule has 1 heterocycles. The molecule has 0 aliphatic rings. The minimum atomic E-state index is -1.38. The maximum Gasteiger partial charge on any atom is 0.326 e. The molecule has 1 rings (SSSR count). The zero-order valence-corrected chi connectivity index (χ0v) is 20.7. The van der Waals surface area contributed by atoms with Crippen LogP contribution in [0, 0.1) is 5.92 Å². The summed E-state index contributed by atoms with van der Waals surface area (Å²) in [6, 6.07) is -4.74. The van der Waals surface area contributed by atoms with Crippen LogP contribution in [-0.4, -0.2) is 75.4 Å². The fourth-order valence-electron chi connectivity index (χ4n) is 3.42. The molecule has 0 saturated carbocycles. The number of nitrogens with two attached hydrogens (primary N) is 3. The summed E-state index contributed by atoms with van der Waals surface area (Å²) in [5.41, 5.74) is 17.1. The quantitative estimate of drug-likeness (QED) is 0.106. The average Bonchev–Trinajstić information content (AvgIpc) is 3.29. The van der Waals surface area contributed by atoms with Crippen LogP contribution in [0.1, 0.15) is 51.6 Å². The van der Waals surface area contributed by atoms with Crippen LogP contribution in [0.4, 0.5) is 0 Å². The molecule has 11 N–H and O–H groups in total. The van der Waals surface area contributed by atoms with Crippen molar-refractivity contribution in [3.63, 3.8) is 0 Å². The van der Waals surface area contributed by atoms with Gasteiger partial charge in [-0.15, -0.1) is 0 Å². The van der Waals surface area contributed by atoms with E-state index >= 15 is 0 Å². The first-order chi connectivity index (χ1) is 16.9. The number of unbranched alkanes of at least 4 members (excludes halogenated alkanes) is 1. The van der Waals surface area contributed by atoms with Crippen LogP contribution < -0.4 is 33.2 Å². The zero-order chi connectivity index (χ0) is 27.3. The molecule has 0 aliphatic heterocycles. The Bertz CT molecular complexity index is 876. The molecule has 14 nitrogen and oxygen atoms in total. The van der Waals surface area contributed by atoms with Crippen LogP contribution in [0.2, 0.25) is 0 Å². The molecule has 0 spiro atoms. The summed E-state index contributed by atoms with van der Waals surface area (Å²) in [7, 11) is 0. The highest BCUT2D eigenvalue weighted by Gasteiger charge is 2.31. The second kappa shape index (κ2) is 15.5. The number of H-pyrrole nitrogens is 1. The van der Waals surface area contributed by atoms with Gasteiger partial charge in [-0.2, -0.15) is 0 Å². The van der Waals surface area contributed by atoms with Crippen LogP contribution in [-0.2, 0) is 30.4 Å². The number of carbonyl (C=O) groups is 5. The Labute approximate surface area is 209 Å². The molecule has 0 bridgehead atoms. The highest BCUT2D eigenvalue weighted by molar-refractivity contribution is 5.96. The predicted octanol–water partition coefficient (Wildman–Crippen LogP) is -2.13. The Kier molecular flexibility index (Phi) is 13.1. The summed E-state index contributed by atoms with van der Waals surface area (Å²) in [6.07, 6.45) is 3.80. The van der Waals surface area contributed by atoms with Crippen molar-refractivity contribution in [2.24, 2.45) is 23.1 Å². The third-order valence-corrected chi connectivity index (χ3v) is 5.27. The number of carboxylic acids is 1. The Balaban J connectivity index is 3.04. The van der Waals surface area contributed by atoms with E-state index in [9.17, 15) is 29.1 Å². The van der Waals surface area contributed by atoms with E-state index in [1.165, 1.54) is 12.5 Å². The summed E-state index contributed by atoms with van der Waals surface area (Å²) in [5.74, 6) is -4.24. The molecule has 1 aromatic heterocycles. The van der Waals surface area contributed by atoms with Crippen molar-refractivity contribution in [3.8, 4) is 0 Å². The van der Waals surface area contributed by atoms with Crippen molar-refractivity contribution in [3.05, 3.63) is 18.2 Å². The van der Waals surface area contributed by atoms with E-state index in [0.29, 0.717) is 31.5 Å². The van der Waals surface area contributed by atoms with Gasteiger partial charge < -0.3 is 43.2 Å². The standard InChI is InChI=1S/C22H38N8O6/c1-12(2)7-14(24)19(32)29-17(9-18(25)31)21(34)30-16(8-13-10-26-11-27-13)20(33)28-15(22(35)36)5-3-4-6-23/h10-12,14-17H,3-9,23-24H2,1-2H3,(H2,25,31)(H,26,27)(H,28,33)(H,29,32)(H,30,34)(H,35,36). The van der Waals surface area contributed by atoms with Gasteiger partial charge in [0.25, 0.3) is 0 Å². The number of hydrogen-bond donors (Lipinski definition) is 8. The molecule has 0 radical (unpaired) electrons. The van der Waals surface area contributed by atoms with Gasteiger partial charge in [0.1, 0.15) is 18.1 Å². The summed E-state index contributed by atoms with van der Waals surface area (Å²) in [6.45, 7) is 4.13. The normalized spacial score (nSPS) is 14.4. The first kappa shape index (κ1) is 30.5. The van der Waals surface area contributed by atoms with Gasteiger partial charge >= 0.3 is 5.97 Å². The molecule has 4 atom stereocenters. The summed E-state index contributed by atoms with van der Waals surface area (Å²) < 4.78 is 0. The smallest absolute Gasteiger partial charge is 0.326 e. The van der Waals surface area contributed by atoms with Crippen LogP contribution in [0.15, 0.2) is 12.5 Å². The number of carbonyl (C=O) groups excluding carboxylic acids is 4. The first-order valence-corrected chi connectivity index (χ1v) is 11.8. The van der Waals surface area contributed by atoms with E-state index in [0.717, 1.165) is 0 Å². The van der Waals surface area contributed by atoms with Gasteiger partial charge in [0.2, 0.25) is 23.6 Å². The highest BCUT2D eigenvalue weighted by Crippen LogP contribution is 2.07. The Morgan fingerprint density at radius 3 is 2.14 bits per heavy atom. The maximum absolute atomic E-state index is 13.0. The van der Waals surface area contributed by atoms with Crippen LogP contribution >= 0.6 is 0 Å². The Morgan fingerprint density at radius 2 is 1.61 bits per heavy atom. The number of imidazole rings is 1. The molecular weight excluding hydrogens is 472 g/mol. The Morgan fingerprint density at radius 1 is 1.00 bits per heavy atom. The molecule has 0 aliphatic carbocycles. The fraction of sp³-hybridized carbons (Fsp3) is 0.636. The van der Waals surface area contributed by atoms with E-state index in [2.05, 4.69) is 25.9 Å². The summed E-state index contributed by atoms with van der Waals surface area (Å²) >= 11 is 0. The summed E-state index contributed by atoms with van der Waals surface area (Å²) in [5, 5.41) is 16.8. The largest absolute Gasteiger partial charge is 0.480 e. The monoisotopic (exact) mass is 510 g/mol. The van der Waals surface area contributed by atoms with Gasteiger partial charge in [0.15, 0.2) is 0 Å². The van der Waals surface area contributed by atoms with Gasteiger partial charge in [-0.1, -0.05) is 13.8 Å². The lowest BCUT2D eigenvalue weighted by atomic mass is 10.0. The number of amides is 4. The average molecular weight is 511 g/mol. The van der Waals surface area contributed by atoms with Gasteiger partial charge in [-0.25, -0.2) is 9.78 Å². The minimum absolute atomic E-state index is 0.0587. The third kappa shape index (κ3) is 11.3. The molecule has 1 aromatic rings. The SMILES string of the molecule is CC(C)CC(N)C(=O)NC(CC(N)=O)C(=O)NC(Cc1cnc[nH]1)C(=O)NC(CCCCN)C(=O)O.